The molecule has 0 aliphatic heterocycles. The van der Waals surface area contributed by atoms with E-state index in [1.54, 1.807) is 11.8 Å². The van der Waals surface area contributed by atoms with Crippen molar-refractivity contribution in [2.45, 2.75) is 13.8 Å². The van der Waals surface area contributed by atoms with Gasteiger partial charge in [-0.2, -0.15) is 4.68 Å². The number of carbonyl (C=O) groups excluding carboxylic acids is 1. The maximum absolute atomic E-state index is 11.3. The van der Waals surface area contributed by atoms with Crippen LogP contribution in [0.25, 0.3) is 16.4 Å². The van der Waals surface area contributed by atoms with Crippen molar-refractivity contribution in [3.8, 4) is 22.1 Å². The molecule has 0 radical (unpaired) electrons. The monoisotopic (exact) mass is 314 g/mol. The Kier molecular flexibility index (Phi) is 3.72. The third-order valence-corrected chi connectivity index (χ3v) is 4.42. The van der Waals surface area contributed by atoms with E-state index >= 15 is 0 Å². The molecule has 3 aromatic rings. The van der Waals surface area contributed by atoms with E-state index in [0.29, 0.717) is 17.1 Å². The van der Waals surface area contributed by atoms with E-state index in [4.69, 9.17) is 4.74 Å². The normalized spacial score (nSPS) is 10.7. The van der Waals surface area contributed by atoms with Crippen LogP contribution < -0.4 is 4.74 Å². The van der Waals surface area contributed by atoms with Crippen LogP contribution in [0.4, 0.5) is 0 Å². The van der Waals surface area contributed by atoms with Crippen LogP contribution in [0.2, 0.25) is 0 Å². The van der Waals surface area contributed by atoms with Crippen LogP contribution in [0, 0.1) is 13.8 Å². The summed E-state index contributed by atoms with van der Waals surface area (Å²) >= 11 is 1.52. The van der Waals surface area contributed by atoms with Gasteiger partial charge in [0.15, 0.2) is 12.0 Å². The summed E-state index contributed by atoms with van der Waals surface area (Å²) in [5, 5.41) is 8.73. The summed E-state index contributed by atoms with van der Waals surface area (Å²) in [6, 6.07) is 7.40. The van der Waals surface area contributed by atoms with Crippen molar-refractivity contribution in [3.05, 3.63) is 40.5 Å². The summed E-state index contributed by atoms with van der Waals surface area (Å²) in [6.07, 6.45) is 0.705. The summed E-state index contributed by atoms with van der Waals surface area (Å²) < 4.78 is 6.77. The molecule has 0 saturated heterocycles. The van der Waals surface area contributed by atoms with Crippen molar-refractivity contribution >= 4 is 17.6 Å². The molecule has 22 heavy (non-hydrogen) atoms. The maximum atomic E-state index is 11.3. The topological polar surface area (TPSA) is 69.9 Å². The first kappa shape index (κ1) is 14.4. The van der Waals surface area contributed by atoms with Crippen LogP contribution in [0.5, 0.6) is 5.75 Å². The lowest BCUT2D eigenvalue weighted by Gasteiger charge is -2.05. The highest BCUT2D eigenvalue weighted by molar-refractivity contribution is 7.14. The van der Waals surface area contributed by atoms with Gasteiger partial charge in [0.05, 0.1) is 12.8 Å². The second-order valence-electron chi connectivity index (χ2n) is 4.72. The molecular formula is C15H14N4O2S. The fourth-order valence-corrected chi connectivity index (χ4v) is 2.94. The highest BCUT2D eigenvalue weighted by Gasteiger charge is 2.18. The van der Waals surface area contributed by atoms with Gasteiger partial charge < -0.3 is 4.74 Å². The number of hydrogen-bond donors (Lipinski definition) is 0. The van der Waals surface area contributed by atoms with E-state index in [0.717, 1.165) is 21.9 Å². The Morgan fingerprint density at radius 3 is 2.50 bits per heavy atom. The third-order valence-electron chi connectivity index (χ3n) is 3.37. The molecule has 1 aromatic carbocycles. The number of carbonyl (C=O) groups is 1. The molecule has 6 nitrogen and oxygen atoms in total. The second kappa shape index (κ2) is 5.69. The summed E-state index contributed by atoms with van der Waals surface area (Å²) in [6.45, 7) is 3.95. The fourth-order valence-electron chi connectivity index (χ4n) is 2.07. The van der Waals surface area contributed by atoms with Gasteiger partial charge in [-0.25, -0.2) is 4.98 Å². The van der Waals surface area contributed by atoms with Gasteiger partial charge in [-0.05, 0) is 38.1 Å². The molecule has 7 heteroatoms. The minimum absolute atomic E-state index is 0.288. The standard InChI is InChI=1S/C15H14N4O2S/c1-9-10(2)22-15(16-9)19-14(13(8-20)17-18-19)11-4-6-12(21-3)7-5-11/h4-8H,1-3H3. The van der Waals surface area contributed by atoms with Crippen molar-refractivity contribution in [1.29, 1.82) is 0 Å². The van der Waals surface area contributed by atoms with E-state index < -0.39 is 0 Å². The van der Waals surface area contributed by atoms with Gasteiger partial charge in [0.2, 0.25) is 5.13 Å². The Balaban J connectivity index is 2.16. The summed E-state index contributed by atoms with van der Waals surface area (Å²) in [4.78, 5) is 16.9. The number of rotatable bonds is 4. The average molecular weight is 314 g/mol. The first-order valence-corrected chi connectivity index (χ1v) is 7.45. The molecular weight excluding hydrogens is 300 g/mol. The molecule has 0 unspecified atom stereocenters. The van der Waals surface area contributed by atoms with Gasteiger partial charge in [-0.15, -0.1) is 5.10 Å². The number of aldehydes is 1. The number of ether oxygens (including phenoxy) is 1. The van der Waals surface area contributed by atoms with Crippen molar-refractivity contribution in [2.24, 2.45) is 0 Å². The third kappa shape index (κ3) is 2.39. The zero-order chi connectivity index (χ0) is 15.7. The van der Waals surface area contributed by atoms with E-state index in [9.17, 15) is 4.79 Å². The minimum Gasteiger partial charge on any atom is -0.497 e. The SMILES string of the molecule is COc1ccc(-c2c(C=O)nnn2-c2nc(C)c(C)s2)cc1. The molecule has 0 amide bonds. The van der Waals surface area contributed by atoms with Crippen LogP contribution in [-0.2, 0) is 0 Å². The summed E-state index contributed by atoms with van der Waals surface area (Å²) in [5.41, 5.74) is 2.70. The van der Waals surface area contributed by atoms with Crippen LogP contribution in [0.15, 0.2) is 24.3 Å². The Hall–Kier alpha value is -2.54. The molecule has 0 spiro atoms. The van der Waals surface area contributed by atoms with Gasteiger partial charge in [-0.3, -0.25) is 4.79 Å². The molecule has 0 bridgehead atoms. The lowest BCUT2D eigenvalue weighted by molar-refractivity contribution is 0.111. The molecule has 112 valence electrons. The quantitative estimate of drug-likeness (QED) is 0.693. The van der Waals surface area contributed by atoms with Crippen LogP contribution >= 0.6 is 11.3 Å². The Bertz CT molecular complexity index is 801. The predicted molar refractivity (Wildman–Crippen MR) is 83.9 cm³/mol. The molecule has 0 aliphatic carbocycles. The number of methoxy groups -OCH3 is 1. The number of hydrogen-bond acceptors (Lipinski definition) is 6. The molecule has 2 aromatic heterocycles. The average Bonchev–Trinajstić information content (AvgIpc) is 3.11. The van der Waals surface area contributed by atoms with Crippen LogP contribution in [0.3, 0.4) is 0 Å². The fraction of sp³-hybridized carbons (Fsp3) is 0.200. The zero-order valence-electron chi connectivity index (χ0n) is 12.4. The van der Waals surface area contributed by atoms with Crippen LogP contribution in [0.1, 0.15) is 21.1 Å². The van der Waals surface area contributed by atoms with Gasteiger partial charge in [-0.1, -0.05) is 16.6 Å². The zero-order valence-corrected chi connectivity index (χ0v) is 13.2. The number of thiazole rings is 1. The predicted octanol–water partition coefficient (Wildman–Crippen LogP) is 2.83. The van der Waals surface area contributed by atoms with Gasteiger partial charge in [0.25, 0.3) is 0 Å². The Morgan fingerprint density at radius 1 is 1.23 bits per heavy atom. The minimum atomic E-state index is 0.288. The molecule has 2 heterocycles. The molecule has 0 saturated carbocycles. The van der Waals surface area contributed by atoms with Crippen LogP contribution in [-0.4, -0.2) is 33.4 Å². The molecule has 3 rings (SSSR count). The Morgan fingerprint density at radius 2 is 1.95 bits per heavy atom. The van der Waals surface area contributed by atoms with Gasteiger partial charge >= 0.3 is 0 Å². The smallest absolute Gasteiger partial charge is 0.212 e. The number of nitrogens with zero attached hydrogens (tertiary/aromatic N) is 4. The first-order valence-electron chi connectivity index (χ1n) is 6.63. The number of benzene rings is 1. The van der Waals surface area contributed by atoms with E-state index in [1.165, 1.54) is 11.3 Å². The van der Waals surface area contributed by atoms with E-state index in [1.807, 2.05) is 38.1 Å². The van der Waals surface area contributed by atoms with Gasteiger partial charge in [0, 0.05) is 10.4 Å². The Labute approximate surface area is 131 Å². The number of aryl methyl sites for hydroxylation is 2. The summed E-state index contributed by atoms with van der Waals surface area (Å²) in [5.74, 6) is 0.747. The molecule has 0 N–H and O–H groups in total. The maximum Gasteiger partial charge on any atom is 0.212 e. The lowest BCUT2D eigenvalue weighted by atomic mass is 10.1. The highest BCUT2D eigenvalue weighted by atomic mass is 32.1. The van der Waals surface area contributed by atoms with Gasteiger partial charge in [0.1, 0.15) is 11.4 Å². The molecule has 0 atom stereocenters. The molecule has 0 aliphatic rings. The van der Waals surface area contributed by atoms with Crippen molar-refractivity contribution < 1.29 is 9.53 Å². The van der Waals surface area contributed by atoms with E-state index in [2.05, 4.69) is 15.3 Å². The first-order chi connectivity index (χ1) is 10.6. The summed E-state index contributed by atoms with van der Waals surface area (Å²) in [7, 11) is 1.61. The lowest BCUT2D eigenvalue weighted by Crippen LogP contribution is -1.99. The highest BCUT2D eigenvalue weighted by Crippen LogP contribution is 2.28. The van der Waals surface area contributed by atoms with Crippen molar-refractivity contribution in [2.75, 3.05) is 7.11 Å². The second-order valence-corrected chi connectivity index (χ2v) is 5.90. The largest absolute Gasteiger partial charge is 0.497 e. The number of aromatic nitrogens is 4. The van der Waals surface area contributed by atoms with E-state index in [-0.39, 0.29) is 5.69 Å². The van der Waals surface area contributed by atoms with Crippen molar-refractivity contribution in [1.82, 2.24) is 20.0 Å². The molecule has 0 fully saturated rings. The van der Waals surface area contributed by atoms with Crippen molar-refractivity contribution in [3.63, 3.8) is 0 Å².